The normalized spacial score (nSPS) is 14.7. The van der Waals surface area contributed by atoms with Crippen LogP contribution < -0.4 is 16.0 Å². The zero-order chi connectivity index (χ0) is 22.9. The van der Waals surface area contributed by atoms with Crippen LogP contribution >= 0.6 is 0 Å². The van der Waals surface area contributed by atoms with E-state index in [0.29, 0.717) is 23.8 Å². The lowest BCUT2D eigenvalue weighted by Gasteiger charge is -2.25. The summed E-state index contributed by atoms with van der Waals surface area (Å²) >= 11 is 0. The summed E-state index contributed by atoms with van der Waals surface area (Å²) in [5, 5.41) is 8.86. The Morgan fingerprint density at radius 2 is 1.84 bits per heavy atom. The monoisotopic (exact) mass is 437 g/mol. The van der Waals surface area contributed by atoms with Crippen molar-refractivity contribution < 1.29 is 14.3 Å². The first-order valence-electron chi connectivity index (χ1n) is 10.8. The lowest BCUT2D eigenvalue weighted by atomic mass is 10.1. The third-order valence-corrected chi connectivity index (χ3v) is 5.11. The number of anilines is 2. The van der Waals surface area contributed by atoms with E-state index < -0.39 is 0 Å². The molecular formula is C24H31N5O3. The van der Waals surface area contributed by atoms with Crippen LogP contribution in [-0.4, -0.2) is 62.1 Å². The number of carbonyl (C=O) groups excluding carboxylic acids is 2. The van der Waals surface area contributed by atoms with Crippen molar-refractivity contribution in [3.63, 3.8) is 0 Å². The summed E-state index contributed by atoms with van der Waals surface area (Å²) in [7, 11) is 0. The number of hydrogen-bond acceptors (Lipinski definition) is 5. The van der Waals surface area contributed by atoms with E-state index in [9.17, 15) is 9.59 Å². The van der Waals surface area contributed by atoms with Gasteiger partial charge in [0, 0.05) is 43.5 Å². The van der Waals surface area contributed by atoms with Crippen LogP contribution in [0.2, 0.25) is 0 Å². The fourth-order valence-corrected chi connectivity index (χ4v) is 3.37. The zero-order valence-corrected chi connectivity index (χ0v) is 18.9. The second-order valence-electron chi connectivity index (χ2n) is 7.84. The molecule has 0 aliphatic carbocycles. The molecule has 0 unspecified atom stereocenters. The molecule has 0 spiro atoms. The lowest BCUT2D eigenvalue weighted by Crippen LogP contribution is -2.39. The molecule has 2 aromatic rings. The van der Waals surface area contributed by atoms with Crippen molar-refractivity contribution in [2.75, 3.05) is 50.0 Å². The van der Waals surface area contributed by atoms with Crippen LogP contribution in [0.25, 0.3) is 0 Å². The second kappa shape index (κ2) is 11.4. The minimum absolute atomic E-state index is 0.183. The van der Waals surface area contributed by atoms with Gasteiger partial charge in [-0.1, -0.05) is 18.2 Å². The molecule has 1 heterocycles. The van der Waals surface area contributed by atoms with Gasteiger partial charge in [0.1, 0.15) is 0 Å². The molecule has 0 bridgehead atoms. The highest BCUT2D eigenvalue weighted by Gasteiger charge is 2.13. The molecule has 1 fully saturated rings. The minimum Gasteiger partial charge on any atom is -0.379 e. The Hall–Kier alpha value is -3.23. The summed E-state index contributed by atoms with van der Waals surface area (Å²) in [6, 6.07) is 13.1. The van der Waals surface area contributed by atoms with Gasteiger partial charge in [0.25, 0.3) is 5.91 Å². The van der Waals surface area contributed by atoms with Crippen LogP contribution in [0.4, 0.5) is 11.4 Å². The number of guanidine groups is 1. The SMILES string of the molecule is CC(=O)Nc1cc(C(=O)NC(=NCCN2CCOCC2)Nc2cccc(C)c2)ccc1C. The summed E-state index contributed by atoms with van der Waals surface area (Å²) in [5.74, 6) is -0.102. The standard InChI is InChI=1S/C24H31N5O3/c1-17-5-4-6-21(15-17)27-24(25-9-10-29-11-13-32-14-12-29)28-23(31)20-8-7-18(2)22(16-20)26-19(3)30/h4-8,15-16H,9-14H2,1-3H3,(H,26,30)(H2,25,27,28,31). The third kappa shape index (κ3) is 7.18. The van der Waals surface area contributed by atoms with Crippen molar-refractivity contribution in [2.24, 2.45) is 4.99 Å². The van der Waals surface area contributed by atoms with E-state index in [1.54, 1.807) is 12.1 Å². The molecule has 0 aromatic heterocycles. The van der Waals surface area contributed by atoms with Gasteiger partial charge in [0.2, 0.25) is 11.9 Å². The molecule has 2 aromatic carbocycles. The second-order valence-corrected chi connectivity index (χ2v) is 7.84. The van der Waals surface area contributed by atoms with Gasteiger partial charge < -0.3 is 15.4 Å². The number of ether oxygens (including phenoxy) is 1. The molecule has 1 aliphatic heterocycles. The lowest BCUT2D eigenvalue weighted by molar-refractivity contribution is -0.114. The Morgan fingerprint density at radius 3 is 2.56 bits per heavy atom. The molecule has 0 atom stereocenters. The molecule has 170 valence electrons. The largest absolute Gasteiger partial charge is 0.379 e. The Bertz CT molecular complexity index is 983. The maximum atomic E-state index is 13.0. The van der Waals surface area contributed by atoms with Crippen molar-refractivity contribution in [1.82, 2.24) is 10.2 Å². The number of carbonyl (C=O) groups is 2. The van der Waals surface area contributed by atoms with Gasteiger partial charge in [-0.2, -0.15) is 0 Å². The van der Waals surface area contributed by atoms with Crippen LogP contribution in [0, 0.1) is 13.8 Å². The fraction of sp³-hybridized carbons (Fsp3) is 0.375. The summed E-state index contributed by atoms with van der Waals surface area (Å²) in [6.07, 6.45) is 0. The molecule has 0 radical (unpaired) electrons. The number of morpholine rings is 1. The minimum atomic E-state index is -0.304. The van der Waals surface area contributed by atoms with Gasteiger partial charge in [-0.25, -0.2) is 0 Å². The number of nitrogens with one attached hydrogen (secondary N) is 3. The van der Waals surface area contributed by atoms with Crippen molar-refractivity contribution in [3.05, 3.63) is 59.2 Å². The van der Waals surface area contributed by atoms with E-state index >= 15 is 0 Å². The van der Waals surface area contributed by atoms with E-state index in [1.165, 1.54) is 6.92 Å². The molecular weight excluding hydrogens is 406 g/mol. The van der Waals surface area contributed by atoms with Crippen molar-refractivity contribution in [1.29, 1.82) is 0 Å². The molecule has 8 nitrogen and oxygen atoms in total. The summed E-state index contributed by atoms with van der Waals surface area (Å²) < 4.78 is 5.39. The van der Waals surface area contributed by atoms with E-state index in [0.717, 1.165) is 49.7 Å². The van der Waals surface area contributed by atoms with Crippen LogP contribution in [0.3, 0.4) is 0 Å². The Balaban J connectivity index is 1.73. The number of benzene rings is 2. The highest BCUT2D eigenvalue weighted by molar-refractivity contribution is 6.10. The highest BCUT2D eigenvalue weighted by atomic mass is 16.5. The average molecular weight is 438 g/mol. The number of aryl methyl sites for hydroxylation is 2. The van der Waals surface area contributed by atoms with E-state index in [1.807, 2.05) is 44.2 Å². The predicted octanol–water partition coefficient (Wildman–Crippen LogP) is 2.79. The summed E-state index contributed by atoms with van der Waals surface area (Å²) in [5.41, 5.74) is 3.88. The van der Waals surface area contributed by atoms with Crippen molar-refractivity contribution >= 4 is 29.1 Å². The molecule has 1 aliphatic rings. The topological polar surface area (TPSA) is 95.1 Å². The number of rotatable bonds is 6. The van der Waals surface area contributed by atoms with Gasteiger partial charge in [-0.15, -0.1) is 0 Å². The highest BCUT2D eigenvalue weighted by Crippen LogP contribution is 2.17. The predicted molar refractivity (Wildman–Crippen MR) is 127 cm³/mol. The van der Waals surface area contributed by atoms with Gasteiger partial charge in [0.15, 0.2) is 0 Å². The molecule has 32 heavy (non-hydrogen) atoms. The number of amides is 2. The van der Waals surface area contributed by atoms with Gasteiger partial charge >= 0.3 is 0 Å². The molecule has 3 N–H and O–H groups in total. The van der Waals surface area contributed by atoms with E-state index in [-0.39, 0.29) is 11.8 Å². The number of aliphatic imine (C=N–C) groups is 1. The molecule has 8 heteroatoms. The summed E-state index contributed by atoms with van der Waals surface area (Å²) in [4.78, 5) is 31.3. The Kier molecular flexibility index (Phi) is 8.35. The van der Waals surface area contributed by atoms with Crippen LogP contribution in [-0.2, 0) is 9.53 Å². The summed E-state index contributed by atoms with van der Waals surface area (Å²) in [6.45, 7) is 9.90. The molecule has 0 saturated carbocycles. The number of hydrogen-bond donors (Lipinski definition) is 3. The Labute approximate surface area is 189 Å². The smallest absolute Gasteiger partial charge is 0.258 e. The van der Waals surface area contributed by atoms with Gasteiger partial charge in [0.05, 0.1) is 19.8 Å². The maximum Gasteiger partial charge on any atom is 0.258 e. The van der Waals surface area contributed by atoms with Crippen LogP contribution in [0.5, 0.6) is 0 Å². The number of nitrogens with zero attached hydrogens (tertiary/aromatic N) is 2. The molecule has 3 rings (SSSR count). The van der Waals surface area contributed by atoms with Gasteiger partial charge in [-0.3, -0.25) is 24.8 Å². The van der Waals surface area contributed by atoms with Gasteiger partial charge in [-0.05, 0) is 49.2 Å². The zero-order valence-electron chi connectivity index (χ0n) is 18.9. The third-order valence-electron chi connectivity index (χ3n) is 5.11. The van der Waals surface area contributed by atoms with Crippen LogP contribution in [0.1, 0.15) is 28.4 Å². The molecule has 1 saturated heterocycles. The first-order chi connectivity index (χ1) is 15.4. The average Bonchev–Trinajstić information content (AvgIpc) is 2.75. The maximum absolute atomic E-state index is 13.0. The van der Waals surface area contributed by atoms with Crippen molar-refractivity contribution in [3.8, 4) is 0 Å². The Morgan fingerprint density at radius 1 is 1.06 bits per heavy atom. The van der Waals surface area contributed by atoms with E-state index in [2.05, 4.69) is 25.8 Å². The molecule has 2 amide bonds. The van der Waals surface area contributed by atoms with Crippen LogP contribution in [0.15, 0.2) is 47.5 Å². The first-order valence-corrected chi connectivity index (χ1v) is 10.8. The van der Waals surface area contributed by atoms with E-state index in [4.69, 9.17) is 4.74 Å². The first kappa shape index (κ1) is 23.4. The quantitative estimate of drug-likeness (QED) is 0.477. The van der Waals surface area contributed by atoms with Crippen molar-refractivity contribution in [2.45, 2.75) is 20.8 Å². The fourth-order valence-electron chi connectivity index (χ4n) is 3.37.